The molecule has 5 aromatic rings. The first-order valence-corrected chi connectivity index (χ1v) is 16.7. The summed E-state index contributed by atoms with van der Waals surface area (Å²) in [5.74, 6) is -1.12. The maximum Gasteiger partial charge on any atom is 0.272 e. The van der Waals surface area contributed by atoms with Gasteiger partial charge in [-0.1, -0.05) is 91.9 Å². The van der Waals surface area contributed by atoms with Crippen molar-refractivity contribution in [1.29, 1.82) is 0 Å². The molecule has 0 aromatic heterocycles. The van der Waals surface area contributed by atoms with Crippen LogP contribution in [0.5, 0.6) is 0 Å². The summed E-state index contributed by atoms with van der Waals surface area (Å²) in [6.45, 7) is 1.90. The Morgan fingerprint density at radius 3 is 2.31 bits per heavy atom. The highest BCUT2D eigenvalue weighted by Gasteiger charge is 2.28. The van der Waals surface area contributed by atoms with Gasteiger partial charge in [-0.25, -0.2) is 0 Å². The van der Waals surface area contributed by atoms with Crippen LogP contribution in [0.1, 0.15) is 35.7 Å². The Morgan fingerprint density at radius 2 is 1.53 bits per heavy atom. The molecule has 1 heterocycles. The number of anilines is 2. The zero-order chi connectivity index (χ0) is 34.2. The van der Waals surface area contributed by atoms with Crippen molar-refractivity contribution in [3.05, 3.63) is 144 Å². The van der Waals surface area contributed by atoms with E-state index < -0.39 is 17.1 Å². The van der Waals surface area contributed by atoms with E-state index in [4.69, 9.17) is 0 Å². The Hall–Kier alpha value is -6.00. The van der Waals surface area contributed by atoms with Gasteiger partial charge < -0.3 is 16.0 Å². The Balaban J connectivity index is 1.18. The van der Waals surface area contributed by atoms with E-state index in [0.29, 0.717) is 29.2 Å². The normalized spacial score (nSPS) is 13.5. The lowest BCUT2D eigenvalue weighted by Gasteiger charge is -2.16. The van der Waals surface area contributed by atoms with Gasteiger partial charge in [0.15, 0.2) is 0 Å². The number of benzene rings is 5. The molecule has 9 nitrogen and oxygen atoms in total. The SMILES string of the molecule is CCC(Sc1cccc(NC(=O)/C(=C\c2cccc3ccccc23)NC(=O)c2ccccc2)c1)C(=O)NC1=NN(c2ccccc2)C(=O)C1. The molecular weight excluding hydrogens is 635 g/mol. The lowest BCUT2D eigenvalue weighted by Crippen LogP contribution is -2.36. The van der Waals surface area contributed by atoms with Crippen LogP contribution in [0.4, 0.5) is 11.4 Å². The molecule has 1 aliphatic rings. The van der Waals surface area contributed by atoms with E-state index in [2.05, 4.69) is 21.1 Å². The second kappa shape index (κ2) is 15.3. The van der Waals surface area contributed by atoms with E-state index in [1.165, 1.54) is 16.8 Å². The Kier molecular flexibility index (Phi) is 10.3. The Bertz CT molecular complexity index is 2080. The number of nitrogens with zero attached hydrogens (tertiary/aromatic N) is 2. The molecule has 1 unspecified atom stereocenters. The van der Waals surface area contributed by atoms with Crippen molar-refractivity contribution in [3.63, 3.8) is 0 Å². The second-order valence-electron chi connectivity index (χ2n) is 11.2. The molecule has 4 amide bonds. The molecule has 5 aromatic carbocycles. The van der Waals surface area contributed by atoms with E-state index in [0.717, 1.165) is 21.2 Å². The van der Waals surface area contributed by atoms with Gasteiger partial charge >= 0.3 is 0 Å². The number of nitrogens with one attached hydrogen (secondary N) is 3. The molecule has 244 valence electrons. The first kappa shape index (κ1) is 32.9. The van der Waals surface area contributed by atoms with Crippen LogP contribution in [0.25, 0.3) is 16.8 Å². The largest absolute Gasteiger partial charge is 0.321 e. The smallest absolute Gasteiger partial charge is 0.272 e. The monoisotopic (exact) mass is 667 g/mol. The number of amidine groups is 1. The molecule has 0 aliphatic carbocycles. The van der Waals surface area contributed by atoms with Gasteiger partial charge in [0.25, 0.3) is 17.7 Å². The van der Waals surface area contributed by atoms with Crippen LogP contribution in [0.3, 0.4) is 0 Å². The van der Waals surface area contributed by atoms with E-state index in [1.54, 1.807) is 60.7 Å². The van der Waals surface area contributed by atoms with Crippen molar-refractivity contribution < 1.29 is 19.2 Å². The summed E-state index contributed by atoms with van der Waals surface area (Å²) in [6, 6.07) is 38.5. The van der Waals surface area contributed by atoms with Crippen LogP contribution in [0.2, 0.25) is 0 Å². The van der Waals surface area contributed by atoms with Crippen LogP contribution in [0.15, 0.2) is 143 Å². The first-order chi connectivity index (χ1) is 23.9. The highest BCUT2D eigenvalue weighted by atomic mass is 32.2. The van der Waals surface area contributed by atoms with Crippen molar-refractivity contribution in [2.24, 2.45) is 5.10 Å². The molecule has 1 aliphatic heterocycles. The highest BCUT2D eigenvalue weighted by Crippen LogP contribution is 2.29. The van der Waals surface area contributed by atoms with Crippen molar-refractivity contribution in [2.75, 3.05) is 10.3 Å². The number of fused-ring (bicyclic) bond motifs is 1. The third-order valence-electron chi connectivity index (χ3n) is 7.73. The van der Waals surface area contributed by atoms with Crippen LogP contribution in [0, 0.1) is 0 Å². The van der Waals surface area contributed by atoms with Crippen molar-refractivity contribution in [3.8, 4) is 0 Å². The summed E-state index contributed by atoms with van der Waals surface area (Å²) in [7, 11) is 0. The highest BCUT2D eigenvalue weighted by molar-refractivity contribution is 8.00. The van der Waals surface area contributed by atoms with Gasteiger partial charge in [0.1, 0.15) is 11.5 Å². The number of hydrogen-bond acceptors (Lipinski definition) is 6. The molecule has 0 radical (unpaired) electrons. The van der Waals surface area contributed by atoms with Gasteiger partial charge in [-0.2, -0.15) is 10.1 Å². The number of carbonyl (C=O) groups is 4. The molecule has 0 fully saturated rings. The van der Waals surface area contributed by atoms with Crippen molar-refractivity contribution in [2.45, 2.75) is 29.9 Å². The number of para-hydroxylation sites is 1. The number of hydrogen-bond donors (Lipinski definition) is 3. The van der Waals surface area contributed by atoms with Crippen molar-refractivity contribution >= 4 is 69.4 Å². The van der Waals surface area contributed by atoms with Crippen LogP contribution in [-0.2, 0) is 14.4 Å². The fourth-order valence-electron chi connectivity index (χ4n) is 5.30. The summed E-state index contributed by atoms with van der Waals surface area (Å²) < 4.78 is 0. The summed E-state index contributed by atoms with van der Waals surface area (Å²) >= 11 is 1.34. The summed E-state index contributed by atoms with van der Waals surface area (Å²) in [6.07, 6.45) is 2.18. The molecule has 1 atom stereocenters. The predicted octanol–water partition coefficient (Wildman–Crippen LogP) is 6.99. The minimum absolute atomic E-state index is 0.00130. The van der Waals surface area contributed by atoms with E-state index >= 15 is 0 Å². The van der Waals surface area contributed by atoms with Gasteiger partial charge in [-0.05, 0) is 71.3 Å². The van der Waals surface area contributed by atoms with Gasteiger partial charge in [-0.15, -0.1) is 11.8 Å². The van der Waals surface area contributed by atoms with Crippen LogP contribution >= 0.6 is 11.8 Å². The van der Waals surface area contributed by atoms with Crippen molar-refractivity contribution in [1.82, 2.24) is 10.6 Å². The molecule has 6 rings (SSSR count). The molecule has 0 bridgehead atoms. The quantitative estimate of drug-likeness (QED) is 0.110. The number of hydrazone groups is 1. The van der Waals surface area contributed by atoms with E-state index in [-0.39, 0.29) is 23.9 Å². The molecule has 10 heteroatoms. The fraction of sp³-hybridized carbons (Fsp3) is 0.103. The average molecular weight is 668 g/mol. The zero-order valence-corrected chi connectivity index (χ0v) is 27.4. The molecule has 3 N–H and O–H groups in total. The zero-order valence-electron chi connectivity index (χ0n) is 26.6. The minimum Gasteiger partial charge on any atom is -0.321 e. The molecule has 0 spiro atoms. The number of amides is 4. The topological polar surface area (TPSA) is 120 Å². The molecule has 0 saturated carbocycles. The second-order valence-corrected chi connectivity index (χ2v) is 12.5. The lowest BCUT2D eigenvalue weighted by molar-refractivity contribution is -0.119. The number of carbonyl (C=O) groups excluding carboxylic acids is 4. The minimum atomic E-state index is -0.504. The number of rotatable bonds is 10. The van der Waals surface area contributed by atoms with Crippen LogP contribution < -0.4 is 21.0 Å². The van der Waals surface area contributed by atoms with Gasteiger partial charge in [0.2, 0.25) is 5.91 Å². The maximum atomic E-state index is 13.8. The predicted molar refractivity (Wildman–Crippen MR) is 195 cm³/mol. The summed E-state index contributed by atoms with van der Waals surface area (Å²) in [5.41, 5.74) is 2.39. The fourth-order valence-corrected chi connectivity index (χ4v) is 6.31. The molecular formula is C39H33N5O4S. The first-order valence-electron chi connectivity index (χ1n) is 15.8. The summed E-state index contributed by atoms with van der Waals surface area (Å²) in [5, 5.41) is 15.6. The lowest BCUT2D eigenvalue weighted by atomic mass is 10.0. The third-order valence-corrected chi connectivity index (χ3v) is 9.09. The Morgan fingerprint density at radius 1 is 0.837 bits per heavy atom. The van der Waals surface area contributed by atoms with E-state index in [9.17, 15) is 19.2 Å². The van der Waals surface area contributed by atoms with Gasteiger partial charge in [0.05, 0.1) is 17.4 Å². The molecule has 0 saturated heterocycles. The van der Waals surface area contributed by atoms with Gasteiger partial charge in [-0.3, -0.25) is 19.2 Å². The third kappa shape index (κ3) is 8.11. The van der Waals surface area contributed by atoms with Gasteiger partial charge in [0, 0.05) is 16.1 Å². The molecule has 49 heavy (non-hydrogen) atoms. The standard InChI is InChI=1S/C39H33N5O4S/c1-2-34(39(48)42-35-25-36(45)44(43-35)30-19-7-4-8-20-30)49-31-21-12-18-29(24-31)40-38(47)33(41-37(46)27-14-5-3-6-15-27)23-28-17-11-16-26-13-9-10-22-32(26)28/h3-24,34H,2,25H2,1H3,(H,40,47)(H,41,46)(H,42,43,48)/b33-23+. The number of thioether (sulfide) groups is 1. The Labute approximate surface area is 288 Å². The maximum absolute atomic E-state index is 13.8. The van der Waals surface area contributed by atoms with Crippen LogP contribution in [-0.4, -0.2) is 34.7 Å². The average Bonchev–Trinajstić information content (AvgIpc) is 3.50. The van der Waals surface area contributed by atoms with E-state index in [1.807, 2.05) is 79.7 Å². The summed E-state index contributed by atoms with van der Waals surface area (Å²) in [4.78, 5) is 53.5.